The van der Waals surface area contributed by atoms with Crippen molar-refractivity contribution in [3.63, 3.8) is 0 Å². The summed E-state index contributed by atoms with van der Waals surface area (Å²) in [6.45, 7) is 0.227. The molecular weight excluding hydrogens is 400 g/mol. The lowest BCUT2D eigenvalue weighted by molar-refractivity contribution is -0.116. The summed E-state index contributed by atoms with van der Waals surface area (Å²) in [7, 11) is 1.55. The average Bonchev–Trinajstić information content (AvgIpc) is 3.21. The van der Waals surface area contributed by atoms with Gasteiger partial charge in [0.2, 0.25) is 11.0 Å². The van der Waals surface area contributed by atoms with E-state index in [4.69, 9.17) is 4.74 Å². The normalized spacial score (nSPS) is 10.4. The minimum atomic E-state index is -0.252. The van der Waals surface area contributed by atoms with E-state index in [1.54, 1.807) is 31.4 Å². The van der Waals surface area contributed by atoms with Gasteiger partial charge < -0.3 is 15.4 Å². The molecule has 0 atom stereocenters. The first-order valence-electron chi connectivity index (χ1n) is 9.72. The maximum Gasteiger partial charge on any atom is 0.251 e. The number of ether oxygens (including phenoxy) is 1. The molecule has 0 aliphatic rings. The van der Waals surface area contributed by atoms with Gasteiger partial charge in [-0.3, -0.25) is 9.59 Å². The summed E-state index contributed by atoms with van der Waals surface area (Å²) in [5.41, 5.74) is 1.78. The lowest BCUT2D eigenvalue weighted by Crippen LogP contribution is -2.27. The highest BCUT2D eigenvalue weighted by atomic mass is 32.1. The Bertz CT molecular complexity index is 975. The Hall–Kier alpha value is -3.26. The Morgan fingerprint density at radius 3 is 2.67 bits per heavy atom. The summed E-state index contributed by atoms with van der Waals surface area (Å²) < 4.78 is 5.11. The first-order valence-corrected chi connectivity index (χ1v) is 10.5. The van der Waals surface area contributed by atoms with E-state index in [9.17, 15) is 9.59 Å². The van der Waals surface area contributed by atoms with Gasteiger partial charge in [0.1, 0.15) is 10.8 Å². The number of carbonyl (C=O) groups excluding carboxylic acids is 2. The average molecular weight is 425 g/mol. The van der Waals surface area contributed by atoms with Crippen molar-refractivity contribution < 1.29 is 14.3 Å². The number of rotatable bonds is 10. The minimum Gasteiger partial charge on any atom is -0.497 e. The van der Waals surface area contributed by atoms with Gasteiger partial charge in [-0.1, -0.05) is 47.7 Å². The van der Waals surface area contributed by atoms with Gasteiger partial charge in [0, 0.05) is 24.9 Å². The molecular formula is C22H24N4O3S. The second kappa shape index (κ2) is 11.1. The molecule has 2 N–H and O–H groups in total. The zero-order chi connectivity index (χ0) is 21.2. The number of nitrogens with one attached hydrogen (secondary N) is 2. The molecule has 0 radical (unpaired) electrons. The fraction of sp³-hybridized carbons (Fsp3) is 0.273. The molecule has 2 amide bonds. The van der Waals surface area contributed by atoms with E-state index in [1.807, 2.05) is 18.2 Å². The van der Waals surface area contributed by atoms with Crippen LogP contribution in [-0.4, -0.2) is 35.7 Å². The highest BCUT2D eigenvalue weighted by Crippen LogP contribution is 2.18. The van der Waals surface area contributed by atoms with Crippen molar-refractivity contribution in [2.75, 3.05) is 19.0 Å². The van der Waals surface area contributed by atoms with E-state index < -0.39 is 0 Å². The monoisotopic (exact) mass is 424 g/mol. The zero-order valence-electron chi connectivity index (χ0n) is 16.8. The number of carbonyl (C=O) groups is 2. The SMILES string of the molecule is COc1cccc(C(=O)NCCC(=O)Nc2nnc(CCCc3ccccc3)s2)c1. The molecule has 0 spiro atoms. The maximum absolute atomic E-state index is 12.1. The molecule has 2 aromatic carbocycles. The van der Waals surface area contributed by atoms with Gasteiger partial charge >= 0.3 is 0 Å². The van der Waals surface area contributed by atoms with Crippen molar-refractivity contribution >= 4 is 28.3 Å². The third-order valence-corrected chi connectivity index (χ3v) is 5.28. The standard InChI is InChI=1S/C22H24N4O3S/c1-29-18-11-6-10-17(15-18)21(28)23-14-13-19(27)24-22-26-25-20(30-22)12-5-9-16-7-3-2-4-8-16/h2-4,6-8,10-11,15H,5,9,12-14H2,1H3,(H,23,28)(H,24,26,27). The molecule has 1 heterocycles. The van der Waals surface area contributed by atoms with Gasteiger partial charge in [0.15, 0.2) is 0 Å². The van der Waals surface area contributed by atoms with Crippen molar-refractivity contribution in [1.82, 2.24) is 15.5 Å². The number of amides is 2. The van der Waals surface area contributed by atoms with Crippen LogP contribution >= 0.6 is 11.3 Å². The summed E-state index contributed by atoms with van der Waals surface area (Å²) in [6.07, 6.45) is 2.93. The van der Waals surface area contributed by atoms with Gasteiger partial charge in [-0.25, -0.2) is 0 Å². The van der Waals surface area contributed by atoms with Gasteiger partial charge in [-0.2, -0.15) is 0 Å². The maximum atomic E-state index is 12.1. The number of hydrogen-bond donors (Lipinski definition) is 2. The highest BCUT2D eigenvalue weighted by Gasteiger charge is 2.10. The summed E-state index contributed by atoms with van der Waals surface area (Å²) >= 11 is 1.38. The van der Waals surface area contributed by atoms with Crippen LogP contribution in [0.1, 0.15) is 33.8 Å². The Kier molecular flexibility index (Phi) is 7.91. The molecule has 0 unspecified atom stereocenters. The molecule has 0 fully saturated rings. The topological polar surface area (TPSA) is 93.2 Å². The van der Waals surface area contributed by atoms with Crippen LogP contribution in [0.25, 0.3) is 0 Å². The first-order chi connectivity index (χ1) is 14.6. The second-order valence-corrected chi connectivity index (χ2v) is 7.69. The summed E-state index contributed by atoms with van der Waals surface area (Å²) in [5.74, 6) is 0.141. The molecule has 0 saturated heterocycles. The number of nitrogens with zero attached hydrogens (tertiary/aromatic N) is 2. The third kappa shape index (κ3) is 6.66. The lowest BCUT2D eigenvalue weighted by Gasteiger charge is -2.06. The minimum absolute atomic E-state index is 0.151. The Morgan fingerprint density at radius 2 is 1.87 bits per heavy atom. The number of benzene rings is 2. The van der Waals surface area contributed by atoms with Gasteiger partial charge in [0.05, 0.1) is 7.11 Å². The predicted octanol–water partition coefficient (Wildman–Crippen LogP) is 3.48. The van der Waals surface area contributed by atoms with Crippen LogP contribution in [0.4, 0.5) is 5.13 Å². The van der Waals surface area contributed by atoms with E-state index >= 15 is 0 Å². The van der Waals surface area contributed by atoms with Crippen molar-refractivity contribution in [1.29, 1.82) is 0 Å². The number of aromatic nitrogens is 2. The van der Waals surface area contributed by atoms with Crippen LogP contribution in [-0.2, 0) is 17.6 Å². The van der Waals surface area contributed by atoms with E-state index in [2.05, 4.69) is 33.0 Å². The summed E-state index contributed by atoms with van der Waals surface area (Å²) in [4.78, 5) is 24.2. The van der Waals surface area contributed by atoms with Crippen molar-refractivity contribution in [3.8, 4) is 5.75 Å². The molecule has 8 heteroatoms. The van der Waals surface area contributed by atoms with Gasteiger partial charge in [0.25, 0.3) is 5.91 Å². The largest absolute Gasteiger partial charge is 0.497 e. The van der Waals surface area contributed by atoms with Gasteiger partial charge in [-0.15, -0.1) is 10.2 Å². The fourth-order valence-corrected chi connectivity index (χ4v) is 3.63. The lowest BCUT2D eigenvalue weighted by atomic mass is 10.1. The van der Waals surface area contributed by atoms with E-state index in [0.29, 0.717) is 16.4 Å². The van der Waals surface area contributed by atoms with Crippen molar-refractivity contribution in [2.45, 2.75) is 25.7 Å². The molecule has 1 aromatic heterocycles. The molecule has 3 aromatic rings. The van der Waals surface area contributed by atoms with Crippen LogP contribution in [0.2, 0.25) is 0 Å². The molecule has 7 nitrogen and oxygen atoms in total. The summed E-state index contributed by atoms with van der Waals surface area (Å²) in [5, 5.41) is 15.0. The second-order valence-electron chi connectivity index (χ2n) is 6.63. The van der Waals surface area contributed by atoms with Crippen LogP contribution < -0.4 is 15.4 Å². The fourth-order valence-electron chi connectivity index (χ4n) is 2.83. The Morgan fingerprint density at radius 1 is 1.03 bits per heavy atom. The van der Waals surface area contributed by atoms with Crippen LogP contribution in [0.3, 0.4) is 0 Å². The third-order valence-electron chi connectivity index (χ3n) is 4.38. The van der Waals surface area contributed by atoms with E-state index in [0.717, 1.165) is 24.3 Å². The Balaban J connectivity index is 1.37. The molecule has 0 aliphatic carbocycles. The molecule has 0 saturated carbocycles. The van der Waals surface area contributed by atoms with Gasteiger partial charge in [-0.05, 0) is 36.6 Å². The number of aryl methyl sites for hydroxylation is 2. The van der Waals surface area contributed by atoms with Crippen molar-refractivity contribution in [2.24, 2.45) is 0 Å². The van der Waals surface area contributed by atoms with Crippen LogP contribution in [0, 0.1) is 0 Å². The number of anilines is 1. The summed E-state index contributed by atoms with van der Waals surface area (Å²) in [6, 6.07) is 17.1. The predicted molar refractivity (Wildman–Crippen MR) is 117 cm³/mol. The smallest absolute Gasteiger partial charge is 0.251 e. The number of methoxy groups -OCH3 is 1. The van der Waals surface area contributed by atoms with E-state index in [-0.39, 0.29) is 24.8 Å². The molecule has 0 bridgehead atoms. The van der Waals surface area contributed by atoms with Crippen LogP contribution in [0.15, 0.2) is 54.6 Å². The molecule has 0 aliphatic heterocycles. The van der Waals surface area contributed by atoms with Crippen molar-refractivity contribution in [3.05, 3.63) is 70.7 Å². The first kappa shape index (κ1) is 21.4. The highest BCUT2D eigenvalue weighted by molar-refractivity contribution is 7.15. The molecule has 3 rings (SSSR count). The van der Waals surface area contributed by atoms with Crippen LogP contribution in [0.5, 0.6) is 5.75 Å². The van der Waals surface area contributed by atoms with E-state index in [1.165, 1.54) is 16.9 Å². The molecule has 30 heavy (non-hydrogen) atoms. The quantitative estimate of drug-likeness (QED) is 0.520. The number of hydrogen-bond acceptors (Lipinski definition) is 6. The molecule has 156 valence electrons. The Labute approximate surface area is 179 Å². The zero-order valence-corrected chi connectivity index (χ0v) is 17.6.